The third-order valence-electron chi connectivity index (χ3n) is 7.84. The van der Waals surface area contributed by atoms with Gasteiger partial charge in [-0.2, -0.15) is 0 Å². The normalized spacial score (nSPS) is 11.2. The van der Waals surface area contributed by atoms with Crippen molar-refractivity contribution >= 4 is 11.4 Å². The van der Waals surface area contributed by atoms with Crippen molar-refractivity contribution in [2.24, 2.45) is 0 Å². The van der Waals surface area contributed by atoms with E-state index in [2.05, 4.69) is 68.6 Å². The lowest BCUT2D eigenvalue weighted by atomic mass is 9.99. The van der Waals surface area contributed by atoms with Crippen LogP contribution in [0, 0.1) is 0 Å². The second-order valence-corrected chi connectivity index (χ2v) is 11.4. The number of unbranched alkanes of at least 4 members (excludes halogenated alkanes) is 15. The molecule has 0 aromatic heterocycles. The molecule has 2 rings (SSSR count). The van der Waals surface area contributed by atoms with Gasteiger partial charge in [-0.25, -0.2) is 0 Å². The number of nitrogens with one attached hydrogen (secondary N) is 1. The fourth-order valence-corrected chi connectivity index (χ4v) is 5.34. The van der Waals surface area contributed by atoms with Crippen LogP contribution < -0.4 is 5.32 Å². The zero-order valence-corrected chi connectivity index (χ0v) is 24.9. The van der Waals surface area contributed by atoms with Gasteiger partial charge in [0.1, 0.15) is 0 Å². The van der Waals surface area contributed by atoms with Gasteiger partial charge in [-0.3, -0.25) is 0 Å². The van der Waals surface area contributed by atoms with E-state index in [4.69, 9.17) is 0 Å². The molecule has 0 aliphatic rings. The molecule has 0 aliphatic heterocycles. The minimum absolute atomic E-state index is 1.18. The Balaban J connectivity index is 1.92. The summed E-state index contributed by atoms with van der Waals surface area (Å²) in [5.41, 5.74) is 7.02. The van der Waals surface area contributed by atoms with Gasteiger partial charge in [-0.1, -0.05) is 141 Å². The Labute approximate surface area is 231 Å². The molecule has 0 saturated carbocycles. The number of hydrogen-bond donors (Lipinski definition) is 1. The molecule has 0 heterocycles. The average molecular weight is 506 g/mol. The number of benzene rings is 2. The van der Waals surface area contributed by atoms with Crippen molar-refractivity contribution < 1.29 is 0 Å². The van der Waals surface area contributed by atoms with Crippen LogP contribution in [-0.4, -0.2) is 0 Å². The fourth-order valence-electron chi connectivity index (χ4n) is 5.34. The molecule has 1 nitrogen and oxygen atoms in total. The molecule has 0 aliphatic carbocycles. The van der Waals surface area contributed by atoms with E-state index in [1.54, 1.807) is 0 Å². The summed E-state index contributed by atoms with van der Waals surface area (Å²) in [4.78, 5) is 0. The van der Waals surface area contributed by atoms with Crippen LogP contribution >= 0.6 is 0 Å². The zero-order chi connectivity index (χ0) is 26.4. The van der Waals surface area contributed by atoms with Gasteiger partial charge in [0.2, 0.25) is 0 Å². The van der Waals surface area contributed by atoms with Crippen molar-refractivity contribution in [2.45, 2.75) is 156 Å². The number of hydrogen-bond acceptors (Lipinski definition) is 1. The van der Waals surface area contributed by atoms with Crippen LogP contribution in [0.25, 0.3) is 0 Å². The molecule has 2 aromatic carbocycles. The molecule has 0 unspecified atom stereocenters. The topological polar surface area (TPSA) is 12.0 Å². The Morgan fingerprint density at radius 3 is 1.41 bits per heavy atom. The van der Waals surface area contributed by atoms with Crippen LogP contribution in [0.2, 0.25) is 0 Å². The van der Waals surface area contributed by atoms with E-state index in [1.165, 1.54) is 163 Å². The molecule has 208 valence electrons. The van der Waals surface area contributed by atoms with E-state index in [0.29, 0.717) is 0 Å². The number of rotatable bonds is 23. The van der Waals surface area contributed by atoms with Crippen molar-refractivity contribution in [1.29, 1.82) is 0 Å². The molecule has 1 N–H and O–H groups in total. The predicted molar refractivity (Wildman–Crippen MR) is 167 cm³/mol. The van der Waals surface area contributed by atoms with Crippen molar-refractivity contribution in [1.82, 2.24) is 0 Å². The highest BCUT2D eigenvalue weighted by Gasteiger charge is 2.07. The van der Waals surface area contributed by atoms with Crippen molar-refractivity contribution in [2.75, 3.05) is 5.32 Å². The number of anilines is 2. The Hall–Kier alpha value is -1.76. The second-order valence-electron chi connectivity index (χ2n) is 11.4. The smallest absolute Gasteiger partial charge is 0.0419 e. The van der Waals surface area contributed by atoms with E-state index in [-0.39, 0.29) is 0 Å². The molecule has 0 amide bonds. The fraction of sp³-hybridized carbons (Fsp3) is 0.667. The Kier molecular flexibility index (Phi) is 18.0. The summed E-state index contributed by atoms with van der Waals surface area (Å²) in [6.07, 6.45) is 28.1. The molecular formula is C36H59N. The first-order chi connectivity index (χ1) is 18.3. The Bertz CT molecular complexity index is 791. The third-order valence-corrected chi connectivity index (χ3v) is 7.84. The number of aryl methyl sites for hydroxylation is 3. The summed E-state index contributed by atoms with van der Waals surface area (Å²) in [6, 6.07) is 16.5. The molecule has 1 heteroatoms. The first-order valence-electron chi connectivity index (χ1n) is 16.2. The Morgan fingerprint density at radius 1 is 0.432 bits per heavy atom. The highest BCUT2D eigenvalue weighted by atomic mass is 14.9. The van der Waals surface area contributed by atoms with Gasteiger partial charge >= 0.3 is 0 Å². The van der Waals surface area contributed by atoms with Gasteiger partial charge in [0, 0.05) is 11.4 Å². The maximum absolute atomic E-state index is 3.81. The molecule has 0 atom stereocenters. The highest BCUT2D eigenvalue weighted by Crippen LogP contribution is 2.26. The van der Waals surface area contributed by atoms with Crippen LogP contribution in [0.3, 0.4) is 0 Å². The standard InChI is InChI=1S/C36H59N/c1-4-7-10-13-16-19-22-32-26-29-35(30-27-32)37-36-31-33(23-20-17-14-11-8-5-2)25-28-34(36)24-21-18-15-12-9-6-3/h25-31,37H,4-24H2,1-3H3. The van der Waals surface area contributed by atoms with Gasteiger partial charge in [0.25, 0.3) is 0 Å². The van der Waals surface area contributed by atoms with Crippen molar-refractivity contribution in [3.8, 4) is 0 Å². The van der Waals surface area contributed by atoms with Gasteiger partial charge in [-0.05, 0) is 73.4 Å². The Morgan fingerprint density at radius 2 is 0.865 bits per heavy atom. The quantitative estimate of drug-likeness (QED) is 0.148. The maximum Gasteiger partial charge on any atom is 0.0419 e. The van der Waals surface area contributed by atoms with Gasteiger partial charge in [0.15, 0.2) is 0 Å². The summed E-state index contributed by atoms with van der Waals surface area (Å²) in [6.45, 7) is 6.88. The second kappa shape index (κ2) is 21.2. The highest BCUT2D eigenvalue weighted by molar-refractivity contribution is 5.64. The van der Waals surface area contributed by atoms with Gasteiger partial charge < -0.3 is 5.32 Å². The van der Waals surface area contributed by atoms with Crippen LogP contribution in [0.1, 0.15) is 153 Å². The average Bonchev–Trinajstić information content (AvgIpc) is 2.92. The third kappa shape index (κ3) is 14.7. The lowest BCUT2D eigenvalue weighted by Gasteiger charge is -2.15. The van der Waals surface area contributed by atoms with E-state index < -0.39 is 0 Å². The predicted octanol–water partition coefficient (Wildman–Crippen LogP) is 12.1. The summed E-state index contributed by atoms with van der Waals surface area (Å²) in [5, 5.41) is 3.81. The van der Waals surface area contributed by atoms with Crippen molar-refractivity contribution in [3.63, 3.8) is 0 Å². The minimum Gasteiger partial charge on any atom is -0.355 e. The van der Waals surface area contributed by atoms with Crippen LogP contribution in [0.15, 0.2) is 42.5 Å². The monoisotopic (exact) mass is 505 g/mol. The van der Waals surface area contributed by atoms with E-state index >= 15 is 0 Å². The summed E-state index contributed by atoms with van der Waals surface area (Å²) in [7, 11) is 0. The maximum atomic E-state index is 3.81. The molecule has 0 fully saturated rings. The van der Waals surface area contributed by atoms with Crippen LogP contribution in [-0.2, 0) is 19.3 Å². The first kappa shape index (κ1) is 31.5. The molecule has 37 heavy (non-hydrogen) atoms. The summed E-state index contributed by atoms with van der Waals surface area (Å²) in [5.74, 6) is 0. The largest absolute Gasteiger partial charge is 0.355 e. The van der Waals surface area contributed by atoms with Gasteiger partial charge in [-0.15, -0.1) is 0 Å². The molecular weight excluding hydrogens is 446 g/mol. The lowest BCUT2D eigenvalue weighted by molar-refractivity contribution is 0.606. The molecule has 0 bridgehead atoms. The first-order valence-corrected chi connectivity index (χ1v) is 16.2. The van der Waals surface area contributed by atoms with Crippen molar-refractivity contribution in [3.05, 3.63) is 59.2 Å². The summed E-state index contributed by atoms with van der Waals surface area (Å²) < 4.78 is 0. The lowest BCUT2D eigenvalue weighted by Crippen LogP contribution is -1.99. The summed E-state index contributed by atoms with van der Waals surface area (Å²) >= 11 is 0. The van der Waals surface area contributed by atoms with Gasteiger partial charge in [0.05, 0.1) is 0 Å². The van der Waals surface area contributed by atoms with E-state index in [1.807, 2.05) is 0 Å². The minimum atomic E-state index is 1.18. The van der Waals surface area contributed by atoms with E-state index in [9.17, 15) is 0 Å². The van der Waals surface area contributed by atoms with Crippen LogP contribution in [0.5, 0.6) is 0 Å². The van der Waals surface area contributed by atoms with E-state index in [0.717, 1.165) is 0 Å². The molecule has 0 spiro atoms. The molecule has 2 aromatic rings. The SMILES string of the molecule is CCCCCCCCc1ccc(Nc2cc(CCCCCCCC)ccc2CCCCCCCC)cc1. The van der Waals surface area contributed by atoms with Crippen LogP contribution in [0.4, 0.5) is 11.4 Å². The zero-order valence-electron chi connectivity index (χ0n) is 24.9. The molecule has 0 radical (unpaired) electrons. The molecule has 0 saturated heterocycles.